The number of phenolic OH excluding ortho intramolecular Hbond substituents is 5. The van der Waals surface area contributed by atoms with Gasteiger partial charge < -0.3 is 45.0 Å². The predicted octanol–water partition coefficient (Wildman–Crippen LogP) is 6.83. The van der Waals surface area contributed by atoms with Crippen molar-refractivity contribution in [1.82, 2.24) is 14.9 Å². The molecule has 0 amide bonds. The number of anilines is 2. The van der Waals surface area contributed by atoms with Crippen LogP contribution in [0.5, 0.6) is 40.2 Å². The maximum absolute atomic E-state index is 16.0. The number of alkyl halides is 5. The van der Waals surface area contributed by atoms with Gasteiger partial charge in [-0.15, -0.1) is 0 Å². The summed E-state index contributed by atoms with van der Waals surface area (Å²) in [4.78, 5) is 13.1. The lowest BCUT2D eigenvalue weighted by Crippen LogP contribution is -2.50. The molecule has 0 aliphatic carbocycles. The fourth-order valence-corrected chi connectivity index (χ4v) is 7.19. The van der Waals surface area contributed by atoms with E-state index in [2.05, 4.69) is 14.9 Å². The molecule has 0 bridgehead atoms. The number of phenols is 5. The number of benzene rings is 2. The number of likely N-dealkylation sites (tertiary alicyclic amines) is 1. The first-order chi connectivity index (χ1) is 24.0. The van der Waals surface area contributed by atoms with Crippen LogP contribution in [0.4, 0.5) is 37.8 Å². The zero-order valence-corrected chi connectivity index (χ0v) is 27.5. The molecule has 3 fully saturated rings. The maximum Gasteiger partial charge on any atom is 0.422 e. The second kappa shape index (κ2) is 13.4. The number of hydrogen-bond acceptors (Lipinski definition) is 11. The Labute approximate surface area is 288 Å². The van der Waals surface area contributed by atoms with Crippen molar-refractivity contribution in [2.75, 3.05) is 55.6 Å². The van der Waals surface area contributed by atoms with E-state index in [0.29, 0.717) is 6.42 Å². The number of aromatic hydroxyl groups is 5. The number of piperidine rings is 2. The number of aromatic nitrogens is 2. The van der Waals surface area contributed by atoms with Crippen molar-refractivity contribution in [3.05, 3.63) is 41.3 Å². The molecule has 17 heteroatoms. The summed E-state index contributed by atoms with van der Waals surface area (Å²) in [5.41, 5.74) is -2.85. The number of rotatable bonds is 7. The molecule has 0 unspecified atom stereocenters. The number of nitrogens with zero attached hydrogens (tertiary/aromatic N) is 5. The van der Waals surface area contributed by atoms with E-state index in [0.717, 1.165) is 63.3 Å². The summed E-state index contributed by atoms with van der Waals surface area (Å²) >= 11 is 0. The highest BCUT2D eigenvalue weighted by molar-refractivity contribution is 5.84. The molecule has 3 aliphatic heterocycles. The van der Waals surface area contributed by atoms with Gasteiger partial charge in [-0.3, -0.25) is 4.98 Å². The van der Waals surface area contributed by atoms with Gasteiger partial charge in [-0.25, -0.2) is 18.2 Å². The lowest BCUT2D eigenvalue weighted by molar-refractivity contribution is -0.138. The van der Waals surface area contributed by atoms with Gasteiger partial charge in [0.25, 0.3) is 5.92 Å². The molecule has 2 aromatic carbocycles. The molecule has 1 spiro atoms. The highest BCUT2D eigenvalue weighted by Crippen LogP contribution is 2.58. The van der Waals surface area contributed by atoms with Crippen LogP contribution in [0, 0.1) is 5.41 Å². The summed E-state index contributed by atoms with van der Waals surface area (Å²) in [7, 11) is 0. The van der Waals surface area contributed by atoms with Crippen molar-refractivity contribution >= 4 is 23.4 Å². The molecule has 0 atom stereocenters. The molecule has 1 aromatic heterocycles. The Kier molecular flexibility index (Phi) is 9.46. The Hall–Kier alpha value is -4.80. The van der Waals surface area contributed by atoms with Crippen LogP contribution in [0.1, 0.15) is 55.8 Å². The Morgan fingerprint density at radius 2 is 1.53 bits per heavy atom. The third-order valence-corrected chi connectivity index (χ3v) is 9.98. The standard InChI is InChI=1S/C34H37F6N5O6/c1-2-43-11-7-32(8-12-43)6-3-10-45(17-32)25-19(14-20(35)21-15-41-16-23(42-21)44-13-9-33(36,37)18-44)4-5-22(24(25)34(38,39)40)51-31-29(49)27(47)26(46)28(48)30(31)50/h4-5,14-16,46-50H,2-3,6-13,17-18H2,1H3/b20-14-. The number of halogens is 6. The number of hydrogen-bond donors (Lipinski definition) is 5. The average molecular weight is 726 g/mol. The van der Waals surface area contributed by atoms with Gasteiger partial charge in [0, 0.05) is 31.6 Å². The fourth-order valence-electron chi connectivity index (χ4n) is 7.19. The number of ether oxygens (including phenoxy) is 1. The highest BCUT2D eigenvalue weighted by atomic mass is 19.4. The van der Waals surface area contributed by atoms with Crippen LogP contribution in [0.25, 0.3) is 11.9 Å². The third kappa shape index (κ3) is 7.07. The minimum Gasteiger partial charge on any atom is -0.502 e. The van der Waals surface area contributed by atoms with Crippen LogP contribution in [0.2, 0.25) is 0 Å². The van der Waals surface area contributed by atoms with Crippen LogP contribution in [-0.2, 0) is 6.18 Å². The van der Waals surface area contributed by atoms with E-state index >= 15 is 17.6 Å². The molecule has 3 aromatic rings. The first-order valence-corrected chi connectivity index (χ1v) is 16.4. The summed E-state index contributed by atoms with van der Waals surface area (Å²) in [6.45, 7) is 4.02. The molecule has 11 nitrogen and oxygen atoms in total. The monoisotopic (exact) mass is 725 g/mol. The van der Waals surface area contributed by atoms with E-state index in [1.165, 1.54) is 16.0 Å². The first-order valence-electron chi connectivity index (χ1n) is 16.4. The summed E-state index contributed by atoms with van der Waals surface area (Å²) in [5.74, 6) is -13.0. The van der Waals surface area contributed by atoms with Crippen LogP contribution >= 0.6 is 0 Å². The van der Waals surface area contributed by atoms with E-state index in [4.69, 9.17) is 4.74 Å². The minimum absolute atomic E-state index is 0.0235. The van der Waals surface area contributed by atoms with Crippen molar-refractivity contribution in [1.29, 1.82) is 0 Å². The van der Waals surface area contributed by atoms with Crippen molar-refractivity contribution < 1.29 is 56.6 Å². The van der Waals surface area contributed by atoms with Crippen LogP contribution < -0.4 is 14.5 Å². The maximum atomic E-state index is 16.0. The van der Waals surface area contributed by atoms with Gasteiger partial charge in [-0.05, 0) is 68.9 Å². The Morgan fingerprint density at radius 3 is 2.14 bits per heavy atom. The minimum atomic E-state index is -5.19. The molecule has 5 N–H and O–H groups in total. The van der Waals surface area contributed by atoms with Gasteiger partial charge in [-0.1, -0.05) is 6.92 Å². The Morgan fingerprint density at radius 1 is 0.863 bits per heavy atom. The van der Waals surface area contributed by atoms with Gasteiger partial charge in [0.1, 0.15) is 22.8 Å². The van der Waals surface area contributed by atoms with Gasteiger partial charge in [-0.2, -0.15) is 13.2 Å². The average Bonchev–Trinajstić information content (AvgIpc) is 3.48. The molecular formula is C34H37F6N5O6. The summed E-state index contributed by atoms with van der Waals surface area (Å²) in [5, 5.41) is 50.6. The zero-order chi connectivity index (χ0) is 36.9. The summed E-state index contributed by atoms with van der Waals surface area (Å²) in [6, 6.07) is 1.95. The van der Waals surface area contributed by atoms with E-state index in [-0.39, 0.29) is 36.4 Å². The van der Waals surface area contributed by atoms with Crippen LogP contribution in [-0.4, -0.2) is 92.1 Å². The zero-order valence-electron chi connectivity index (χ0n) is 27.5. The van der Waals surface area contributed by atoms with Crippen LogP contribution in [0.15, 0.2) is 24.5 Å². The normalized spacial score (nSPS) is 19.5. The van der Waals surface area contributed by atoms with E-state index in [1.54, 1.807) is 0 Å². The molecular weight excluding hydrogens is 688 g/mol. The highest BCUT2D eigenvalue weighted by Gasteiger charge is 2.45. The fraction of sp³-hybridized carbons (Fsp3) is 0.471. The van der Waals surface area contributed by atoms with Crippen molar-refractivity contribution in [3.63, 3.8) is 0 Å². The molecule has 0 saturated carbocycles. The second-order valence-corrected chi connectivity index (χ2v) is 13.3. The van der Waals surface area contributed by atoms with Crippen LogP contribution in [0.3, 0.4) is 0 Å². The topological polar surface area (TPSA) is 146 Å². The van der Waals surface area contributed by atoms with E-state index in [9.17, 15) is 34.3 Å². The molecule has 3 aliphatic rings. The van der Waals surface area contributed by atoms with Crippen molar-refractivity contribution in [2.24, 2.45) is 5.41 Å². The van der Waals surface area contributed by atoms with Gasteiger partial charge in [0.2, 0.25) is 34.5 Å². The predicted molar refractivity (Wildman–Crippen MR) is 174 cm³/mol. The first kappa shape index (κ1) is 36.0. The Balaban J connectivity index is 1.48. The molecule has 0 radical (unpaired) electrons. The van der Waals surface area contributed by atoms with Crippen molar-refractivity contribution in [2.45, 2.75) is 51.1 Å². The quantitative estimate of drug-likeness (QED) is 0.0993. The van der Waals surface area contributed by atoms with Gasteiger partial charge in [0.15, 0.2) is 5.83 Å². The lowest BCUT2D eigenvalue weighted by atomic mass is 9.72. The summed E-state index contributed by atoms with van der Waals surface area (Å²) in [6.07, 6.45) is 0.181. The van der Waals surface area contributed by atoms with Gasteiger partial charge in [0.05, 0.1) is 24.6 Å². The van der Waals surface area contributed by atoms with Gasteiger partial charge >= 0.3 is 6.18 Å². The SMILES string of the molecule is CCN1CCC2(CCCN(c3c(/C=C(\F)c4cncc(N5CCC(F)(F)C5)n4)ccc(Oc4c(O)c(O)c(O)c(O)c4O)c3C(F)(F)F)C2)CC1. The Bertz CT molecular complexity index is 1800. The summed E-state index contributed by atoms with van der Waals surface area (Å²) < 4.78 is 95.0. The van der Waals surface area contributed by atoms with Crippen molar-refractivity contribution in [3.8, 4) is 40.2 Å². The molecule has 276 valence electrons. The molecule has 4 heterocycles. The lowest BCUT2D eigenvalue weighted by Gasteiger charge is -2.49. The molecule has 6 rings (SSSR count). The smallest absolute Gasteiger partial charge is 0.422 e. The molecule has 3 saturated heterocycles. The van der Waals surface area contributed by atoms with E-state index in [1.807, 2.05) is 6.92 Å². The third-order valence-electron chi connectivity index (χ3n) is 9.98. The molecule has 51 heavy (non-hydrogen) atoms. The van der Waals surface area contributed by atoms with E-state index < -0.39 is 88.1 Å². The second-order valence-electron chi connectivity index (χ2n) is 13.3. The largest absolute Gasteiger partial charge is 0.502 e.